The SMILES string of the molecule is CCN(c1nc(OCC23CCCN2CC(F)C3)nc2c(F)c(-c3ccc(F)c4sc(N)c(C#N)c34)c(C(F)(F)F)cc12)C1CCC(C(=O)N(C)C)C1. The van der Waals surface area contributed by atoms with E-state index in [0.717, 1.165) is 24.6 Å². The van der Waals surface area contributed by atoms with Crippen molar-refractivity contribution in [3.05, 3.63) is 41.0 Å². The maximum atomic E-state index is 17.2. The van der Waals surface area contributed by atoms with Gasteiger partial charge in [-0.05, 0) is 63.3 Å². The standard InChI is InChI=1S/C36H37F6N7O2S/c1-4-49(20-7-6-18(12-20)33(50)47(2)3)32-22-13-24(36(40,41)42)27(21-8-9-25(38)30-26(21)23(15-43)31(44)52-30)28(39)29(22)45-34(46-32)51-17-35-10-5-11-48(35)16-19(37)14-35/h8-9,13,18-20H,4-7,10-12,14,16-17,44H2,1-3H3. The first-order valence-electron chi connectivity index (χ1n) is 17.2. The summed E-state index contributed by atoms with van der Waals surface area (Å²) in [4.78, 5) is 27.1. The number of nitrogens with two attached hydrogens (primary N) is 1. The Labute approximate surface area is 299 Å². The average molecular weight is 746 g/mol. The number of carbonyl (C=O) groups excluding carboxylic acids is 1. The van der Waals surface area contributed by atoms with Crippen LogP contribution in [0.4, 0.5) is 37.2 Å². The molecule has 16 heteroatoms. The number of amides is 1. The lowest BCUT2D eigenvalue weighted by Crippen LogP contribution is -2.43. The Morgan fingerprint density at radius 2 is 2.00 bits per heavy atom. The molecule has 2 aromatic carbocycles. The van der Waals surface area contributed by atoms with Crippen molar-refractivity contribution >= 4 is 49.1 Å². The highest BCUT2D eigenvalue weighted by Crippen LogP contribution is 2.49. The fourth-order valence-corrected chi connectivity index (χ4v) is 9.48. The highest BCUT2D eigenvalue weighted by atomic mass is 32.1. The van der Waals surface area contributed by atoms with E-state index in [0.29, 0.717) is 43.6 Å². The van der Waals surface area contributed by atoms with E-state index in [9.17, 15) is 18.8 Å². The molecule has 0 spiro atoms. The second kappa shape index (κ2) is 13.2. The van der Waals surface area contributed by atoms with E-state index in [1.54, 1.807) is 25.9 Å². The van der Waals surface area contributed by atoms with Gasteiger partial charge in [0, 0.05) is 61.9 Å². The third-order valence-corrected chi connectivity index (χ3v) is 11.9. The van der Waals surface area contributed by atoms with E-state index in [1.165, 1.54) is 4.90 Å². The van der Waals surface area contributed by atoms with Gasteiger partial charge in [-0.1, -0.05) is 6.07 Å². The average Bonchev–Trinajstić information content (AvgIpc) is 3.86. The summed E-state index contributed by atoms with van der Waals surface area (Å²) in [5, 5.41) is 9.26. The van der Waals surface area contributed by atoms with E-state index >= 15 is 17.6 Å². The van der Waals surface area contributed by atoms with E-state index in [2.05, 4.69) is 9.97 Å². The van der Waals surface area contributed by atoms with Gasteiger partial charge in [0.05, 0.1) is 21.4 Å². The number of hydrogen-bond donors (Lipinski definition) is 1. The van der Waals surface area contributed by atoms with Crippen molar-refractivity contribution in [3.8, 4) is 23.2 Å². The Kier molecular flexibility index (Phi) is 9.17. The van der Waals surface area contributed by atoms with Crippen LogP contribution in [0, 0.1) is 28.9 Å². The molecule has 4 atom stereocenters. The molecular weight excluding hydrogens is 708 g/mol. The Morgan fingerprint density at radius 1 is 1.23 bits per heavy atom. The highest BCUT2D eigenvalue weighted by molar-refractivity contribution is 7.23. The number of anilines is 2. The molecule has 2 saturated heterocycles. The number of fused-ring (bicyclic) bond motifs is 3. The highest BCUT2D eigenvalue weighted by Gasteiger charge is 2.49. The molecule has 1 aliphatic carbocycles. The third kappa shape index (κ3) is 5.95. The molecule has 4 unspecified atom stereocenters. The Morgan fingerprint density at radius 3 is 2.69 bits per heavy atom. The first-order chi connectivity index (χ1) is 24.7. The van der Waals surface area contributed by atoms with Gasteiger partial charge in [0.25, 0.3) is 0 Å². The molecule has 3 fully saturated rings. The molecule has 2 N–H and O–H groups in total. The fraction of sp³-hybridized carbons (Fsp3) is 0.500. The summed E-state index contributed by atoms with van der Waals surface area (Å²) in [6, 6.07) is 3.91. The molecule has 7 rings (SSSR count). The van der Waals surface area contributed by atoms with Crippen LogP contribution in [0.25, 0.3) is 32.1 Å². The number of carbonyl (C=O) groups is 1. The summed E-state index contributed by atoms with van der Waals surface area (Å²) in [6.45, 7) is 2.98. The maximum Gasteiger partial charge on any atom is 0.417 e. The topological polar surface area (TPSA) is 112 Å². The molecule has 4 aromatic rings. The van der Waals surface area contributed by atoms with E-state index in [-0.39, 0.29) is 87.4 Å². The number of nitrogen functional groups attached to an aromatic ring is 1. The minimum atomic E-state index is -5.12. The Hall–Kier alpha value is -4.36. The van der Waals surface area contributed by atoms with Gasteiger partial charge in [0.2, 0.25) is 5.91 Å². The Balaban J connectivity index is 1.44. The minimum absolute atomic E-state index is 0.00119. The third-order valence-electron chi connectivity index (χ3n) is 10.9. The van der Waals surface area contributed by atoms with Crippen LogP contribution in [0.5, 0.6) is 6.01 Å². The Bertz CT molecular complexity index is 2120. The molecule has 0 radical (unpaired) electrons. The van der Waals surface area contributed by atoms with Crippen LogP contribution >= 0.6 is 11.3 Å². The van der Waals surface area contributed by atoms with Crippen molar-refractivity contribution in [2.45, 2.75) is 69.4 Å². The lowest BCUT2D eigenvalue weighted by Gasteiger charge is -2.32. The van der Waals surface area contributed by atoms with E-state index in [4.69, 9.17) is 10.5 Å². The normalized spacial score (nSPS) is 23.3. The summed E-state index contributed by atoms with van der Waals surface area (Å²) in [5.41, 5.74) is 1.94. The molecule has 3 aliphatic rings. The summed E-state index contributed by atoms with van der Waals surface area (Å²) in [7, 11) is 3.32. The number of thiophene rings is 1. The molecule has 2 aromatic heterocycles. The molecule has 4 heterocycles. The van der Waals surface area contributed by atoms with Gasteiger partial charge in [0.1, 0.15) is 41.0 Å². The predicted molar refractivity (Wildman–Crippen MR) is 186 cm³/mol. The molecule has 52 heavy (non-hydrogen) atoms. The van der Waals surface area contributed by atoms with Crippen LogP contribution in [0.3, 0.4) is 0 Å². The van der Waals surface area contributed by atoms with Gasteiger partial charge in [0.15, 0.2) is 5.82 Å². The first-order valence-corrected chi connectivity index (χ1v) is 18.0. The van der Waals surface area contributed by atoms with Crippen LogP contribution < -0.4 is 15.4 Å². The number of rotatable bonds is 8. The van der Waals surface area contributed by atoms with Crippen molar-refractivity contribution in [1.29, 1.82) is 5.26 Å². The van der Waals surface area contributed by atoms with E-state index < -0.39 is 46.2 Å². The van der Waals surface area contributed by atoms with E-state index in [1.807, 2.05) is 11.0 Å². The smallest absolute Gasteiger partial charge is 0.417 e. The van der Waals surface area contributed by atoms with Gasteiger partial charge in [-0.3, -0.25) is 9.69 Å². The monoisotopic (exact) mass is 745 g/mol. The molecule has 0 bridgehead atoms. The van der Waals surface area contributed by atoms with Crippen LogP contribution in [-0.2, 0) is 11.0 Å². The number of aromatic nitrogens is 2. The van der Waals surface area contributed by atoms with Crippen LogP contribution in [0.1, 0.15) is 56.6 Å². The minimum Gasteiger partial charge on any atom is -0.461 e. The molecule has 1 amide bonds. The molecule has 9 nitrogen and oxygen atoms in total. The van der Waals surface area contributed by atoms with Crippen LogP contribution in [-0.4, -0.2) is 83.8 Å². The van der Waals surface area contributed by atoms with Crippen molar-refractivity contribution in [3.63, 3.8) is 0 Å². The molecule has 2 aliphatic heterocycles. The quantitative estimate of drug-likeness (QED) is 0.187. The van der Waals surface area contributed by atoms with Gasteiger partial charge in [-0.25, -0.2) is 13.2 Å². The zero-order chi connectivity index (χ0) is 37.3. The maximum absolute atomic E-state index is 17.2. The second-order valence-corrected chi connectivity index (χ2v) is 15.2. The number of alkyl halides is 4. The van der Waals surface area contributed by atoms with Gasteiger partial charge in [-0.15, -0.1) is 11.3 Å². The molecule has 1 saturated carbocycles. The number of ether oxygens (including phenoxy) is 1. The summed E-state index contributed by atoms with van der Waals surface area (Å²) in [5.74, 6) is -2.57. The van der Waals surface area contributed by atoms with Crippen molar-refractivity contribution in [1.82, 2.24) is 19.8 Å². The van der Waals surface area contributed by atoms with Gasteiger partial charge in [-0.2, -0.15) is 28.4 Å². The van der Waals surface area contributed by atoms with Crippen molar-refractivity contribution in [2.75, 3.05) is 51.0 Å². The summed E-state index contributed by atoms with van der Waals surface area (Å²) in [6.07, 6.45) is -2.95. The van der Waals surface area contributed by atoms with Gasteiger partial charge < -0.3 is 20.3 Å². The lowest BCUT2D eigenvalue weighted by molar-refractivity contribution is -0.137. The zero-order valence-corrected chi connectivity index (χ0v) is 29.6. The summed E-state index contributed by atoms with van der Waals surface area (Å²) < 4.78 is 98.0. The molecule has 276 valence electrons. The lowest BCUT2D eigenvalue weighted by atomic mass is 9.92. The number of hydrogen-bond acceptors (Lipinski definition) is 9. The number of benzene rings is 2. The second-order valence-electron chi connectivity index (χ2n) is 14.1. The number of nitriles is 1. The largest absolute Gasteiger partial charge is 0.461 e. The fourth-order valence-electron chi connectivity index (χ4n) is 8.53. The number of nitrogens with zero attached hydrogens (tertiary/aromatic N) is 6. The number of halogens is 6. The zero-order valence-electron chi connectivity index (χ0n) is 28.8. The van der Waals surface area contributed by atoms with Crippen LogP contribution in [0.2, 0.25) is 0 Å². The molecular formula is C36H37F6N7O2S. The van der Waals surface area contributed by atoms with Crippen molar-refractivity contribution < 1.29 is 35.9 Å². The summed E-state index contributed by atoms with van der Waals surface area (Å²) >= 11 is 0.684. The van der Waals surface area contributed by atoms with Gasteiger partial charge >= 0.3 is 12.2 Å². The first kappa shape index (κ1) is 36.0. The van der Waals surface area contributed by atoms with Crippen molar-refractivity contribution in [2.24, 2.45) is 5.92 Å². The van der Waals surface area contributed by atoms with Crippen LogP contribution in [0.15, 0.2) is 18.2 Å². The predicted octanol–water partition coefficient (Wildman–Crippen LogP) is 7.30.